The van der Waals surface area contributed by atoms with E-state index in [9.17, 15) is 22.4 Å². The molecule has 156 valence electrons. The quantitative estimate of drug-likeness (QED) is 0.670. The first-order chi connectivity index (χ1) is 13.6. The van der Waals surface area contributed by atoms with Gasteiger partial charge in [0, 0.05) is 7.05 Å². The average Bonchev–Trinajstić information content (AvgIpc) is 2.67. The third kappa shape index (κ3) is 6.00. The Morgan fingerprint density at radius 2 is 1.76 bits per heavy atom. The number of benzene rings is 2. The lowest BCUT2D eigenvalue weighted by Crippen LogP contribution is -2.41. The van der Waals surface area contributed by atoms with Crippen LogP contribution < -0.4 is 15.4 Å². The van der Waals surface area contributed by atoms with Gasteiger partial charge in [0.1, 0.15) is 11.6 Å². The van der Waals surface area contributed by atoms with Gasteiger partial charge in [0.2, 0.25) is 21.8 Å². The Morgan fingerprint density at radius 3 is 2.38 bits per heavy atom. The zero-order valence-corrected chi connectivity index (χ0v) is 17.0. The number of nitrogens with one attached hydrogen (secondary N) is 2. The molecule has 0 bridgehead atoms. The number of halogens is 1. The molecule has 2 aromatic carbocycles. The van der Waals surface area contributed by atoms with Crippen molar-refractivity contribution in [2.24, 2.45) is 0 Å². The predicted molar refractivity (Wildman–Crippen MR) is 106 cm³/mol. The fourth-order valence-corrected chi connectivity index (χ4v) is 3.55. The maximum atomic E-state index is 13.0. The topological polar surface area (TPSA) is 105 Å². The van der Waals surface area contributed by atoms with Gasteiger partial charge >= 0.3 is 0 Å². The third-order valence-electron chi connectivity index (χ3n) is 3.96. The number of amides is 2. The summed E-state index contributed by atoms with van der Waals surface area (Å²) in [6.45, 7) is 1.01. The molecule has 2 N–H and O–H groups in total. The van der Waals surface area contributed by atoms with Gasteiger partial charge in [-0.3, -0.25) is 9.59 Å². The molecule has 0 unspecified atom stereocenters. The Hall–Kier alpha value is -2.98. The zero-order valence-electron chi connectivity index (χ0n) is 16.2. The summed E-state index contributed by atoms with van der Waals surface area (Å²) in [6, 6.07) is 9.52. The number of rotatable bonds is 8. The van der Waals surface area contributed by atoms with Crippen molar-refractivity contribution in [2.45, 2.75) is 11.8 Å². The van der Waals surface area contributed by atoms with Crippen molar-refractivity contribution in [3.8, 4) is 5.75 Å². The Labute approximate surface area is 168 Å². The molecule has 0 saturated carbocycles. The molecule has 2 rings (SSSR count). The summed E-state index contributed by atoms with van der Waals surface area (Å²) < 4.78 is 43.7. The highest BCUT2D eigenvalue weighted by Gasteiger charge is 2.23. The largest absolute Gasteiger partial charge is 0.495 e. The fourth-order valence-electron chi connectivity index (χ4n) is 2.42. The second-order valence-electron chi connectivity index (χ2n) is 6.24. The molecule has 0 aliphatic heterocycles. The van der Waals surface area contributed by atoms with E-state index in [4.69, 9.17) is 4.74 Å². The van der Waals surface area contributed by atoms with E-state index in [1.807, 2.05) is 13.0 Å². The first-order valence-corrected chi connectivity index (χ1v) is 10.0. The summed E-state index contributed by atoms with van der Waals surface area (Å²) in [4.78, 5) is 24.0. The van der Waals surface area contributed by atoms with E-state index >= 15 is 0 Å². The summed E-state index contributed by atoms with van der Waals surface area (Å²) in [6.07, 6.45) is 0. The number of nitrogens with zero attached hydrogens (tertiary/aromatic N) is 1. The van der Waals surface area contributed by atoms with Gasteiger partial charge in [-0.05, 0) is 48.9 Å². The Kier molecular flexibility index (Phi) is 7.29. The van der Waals surface area contributed by atoms with Gasteiger partial charge < -0.3 is 15.4 Å². The van der Waals surface area contributed by atoms with E-state index in [2.05, 4.69) is 10.6 Å². The molecule has 0 spiro atoms. The summed E-state index contributed by atoms with van der Waals surface area (Å²) in [5, 5.41) is 4.99. The van der Waals surface area contributed by atoms with Crippen molar-refractivity contribution < 1.29 is 27.1 Å². The minimum absolute atomic E-state index is 0.140. The van der Waals surface area contributed by atoms with Crippen molar-refractivity contribution in [1.29, 1.82) is 0 Å². The summed E-state index contributed by atoms with van der Waals surface area (Å²) in [7, 11) is -1.27. The fraction of sp³-hybridized carbons (Fsp3) is 0.263. The highest BCUT2D eigenvalue weighted by molar-refractivity contribution is 7.89. The van der Waals surface area contributed by atoms with E-state index in [0.717, 1.165) is 34.1 Å². The second kappa shape index (κ2) is 9.48. The smallest absolute Gasteiger partial charge is 0.243 e. The summed E-state index contributed by atoms with van der Waals surface area (Å²) in [5.41, 5.74) is 1.38. The van der Waals surface area contributed by atoms with Gasteiger partial charge in [0.15, 0.2) is 0 Å². The number of hydrogen-bond donors (Lipinski definition) is 2. The number of ether oxygens (including phenoxy) is 1. The lowest BCUT2D eigenvalue weighted by molar-refractivity contribution is -0.124. The molecule has 0 saturated heterocycles. The molecular weight excluding hydrogens is 401 g/mol. The molecule has 2 amide bonds. The molecule has 0 aromatic heterocycles. The number of aryl methyl sites for hydroxylation is 1. The predicted octanol–water partition coefficient (Wildman–Crippen LogP) is 1.52. The van der Waals surface area contributed by atoms with Crippen LogP contribution in [0.3, 0.4) is 0 Å². The van der Waals surface area contributed by atoms with Gasteiger partial charge in [-0.1, -0.05) is 6.07 Å². The number of methoxy groups -OCH3 is 1. The van der Waals surface area contributed by atoms with Crippen LogP contribution in [0, 0.1) is 12.7 Å². The van der Waals surface area contributed by atoms with Crippen LogP contribution in [-0.2, 0) is 19.6 Å². The van der Waals surface area contributed by atoms with Crippen LogP contribution in [0.2, 0.25) is 0 Å². The monoisotopic (exact) mass is 423 g/mol. The molecule has 2 aromatic rings. The van der Waals surface area contributed by atoms with Crippen molar-refractivity contribution in [1.82, 2.24) is 9.62 Å². The molecule has 0 atom stereocenters. The van der Waals surface area contributed by atoms with E-state index in [-0.39, 0.29) is 11.4 Å². The van der Waals surface area contributed by atoms with E-state index in [1.165, 1.54) is 14.2 Å². The van der Waals surface area contributed by atoms with Crippen LogP contribution in [0.25, 0.3) is 0 Å². The van der Waals surface area contributed by atoms with Crippen LogP contribution in [-0.4, -0.2) is 51.8 Å². The first-order valence-electron chi connectivity index (χ1n) is 8.56. The molecule has 0 aliphatic carbocycles. The minimum Gasteiger partial charge on any atom is -0.495 e. The Bertz CT molecular complexity index is 993. The van der Waals surface area contributed by atoms with Gasteiger partial charge in [0.05, 0.1) is 30.8 Å². The molecule has 0 fully saturated rings. The van der Waals surface area contributed by atoms with E-state index in [0.29, 0.717) is 11.4 Å². The lowest BCUT2D eigenvalue weighted by Gasteiger charge is -2.17. The van der Waals surface area contributed by atoms with Gasteiger partial charge in [-0.25, -0.2) is 12.8 Å². The van der Waals surface area contributed by atoms with Crippen LogP contribution in [0.1, 0.15) is 5.56 Å². The van der Waals surface area contributed by atoms with Crippen molar-refractivity contribution in [3.05, 3.63) is 53.8 Å². The number of anilines is 1. The highest BCUT2D eigenvalue weighted by Crippen LogP contribution is 2.24. The van der Waals surface area contributed by atoms with Crippen LogP contribution in [0.15, 0.2) is 47.4 Å². The average molecular weight is 423 g/mol. The standard InChI is InChI=1S/C19H22FN3O5S/c1-13-4-9-17(28-3)16(10-13)22-18(24)11-21-19(25)12-23(2)29(26,27)15-7-5-14(20)6-8-15/h4-10H,11-12H2,1-3H3,(H,21,25)(H,22,24). The first kappa shape index (κ1) is 22.3. The highest BCUT2D eigenvalue weighted by atomic mass is 32.2. The van der Waals surface area contributed by atoms with Crippen LogP contribution >= 0.6 is 0 Å². The van der Waals surface area contributed by atoms with Crippen molar-refractivity contribution >= 4 is 27.5 Å². The number of likely N-dealkylation sites (N-methyl/N-ethyl adjacent to an activating group) is 1. The maximum Gasteiger partial charge on any atom is 0.243 e. The van der Waals surface area contributed by atoms with E-state index in [1.54, 1.807) is 12.1 Å². The van der Waals surface area contributed by atoms with Crippen molar-refractivity contribution in [2.75, 3.05) is 32.6 Å². The van der Waals surface area contributed by atoms with Gasteiger partial charge in [-0.2, -0.15) is 4.31 Å². The van der Waals surface area contributed by atoms with Gasteiger partial charge in [-0.15, -0.1) is 0 Å². The molecule has 8 nitrogen and oxygen atoms in total. The Morgan fingerprint density at radius 1 is 1.10 bits per heavy atom. The third-order valence-corrected chi connectivity index (χ3v) is 5.78. The number of sulfonamides is 1. The molecule has 29 heavy (non-hydrogen) atoms. The minimum atomic E-state index is -3.96. The van der Waals surface area contributed by atoms with E-state index < -0.39 is 34.2 Å². The van der Waals surface area contributed by atoms with Gasteiger partial charge in [0.25, 0.3) is 0 Å². The van der Waals surface area contributed by atoms with Crippen LogP contribution in [0.5, 0.6) is 5.75 Å². The second-order valence-corrected chi connectivity index (χ2v) is 8.29. The molecule has 0 radical (unpaired) electrons. The maximum absolute atomic E-state index is 13.0. The summed E-state index contributed by atoms with van der Waals surface area (Å²) in [5.74, 6) is -1.25. The number of hydrogen-bond acceptors (Lipinski definition) is 5. The molecule has 10 heteroatoms. The molecule has 0 heterocycles. The zero-order chi connectivity index (χ0) is 21.6. The Balaban J connectivity index is 1.91. The number of carbonyl (C=O) groups excluding carboxylic acids is 2. The molecular formula is C19H22FN3O5S. The SMILES string of the molecule is COc1ccc(C)cc1NC(=O)CNC(=O)CN(C)S(=O)(=O)c1ccc(F)cc1. The van der Waals surface area contributed by atoms with Crippen LogP contribution in [0.4, 0.5) is 10.1 Å². The summed E-state index contributed by atoms with van der Waals surface area (Å²) >= 11 is 0. The lowest BCUT2D eigenvalue weighted by atomic mass is 10.2. The number of carbonyl (C=O) groups is 2. The molecule has 0 aliphatic rings. The normalized spacial score (nSPS) is 11.2. The van der Waals surface area contributed by atoms with Crippen molar-refractivity contribution in [3.63, 3.8) is 0 Å².